The van der Waals surface area contributed by atoms with E-state index in [0.29, 0.717) is 0 Å². The second-order valence-electron chi connectivity index (χ2n) is 5.12. The van der Waals surface area contributed by atoms with Crippen LogP contribution in [0.4, 0.5) is 57.1 Å². The molecule has 0 fully saturated rings. The average Bonchev–Trinajstić information content (AvgIpc) is 2.96. The lowest BCUT2D eigenvalue weighted by molar-refractivity contribution is -0.440. The van der Waals surface area contributed by atoms with Crippen LogP contribution in [0.5, 0.6) is 0 Å². The molecule has 0 radical (unpaired) electrons. The first-order valence-electron chi connectivity index (χ1n) is 6.45. The predicted octanol–water partition coefficient (Wildman–Crippen LogP) is 4.93. The zero-order chi connectivity index (χ0) is 20.8. The highest BCUT2D eigenvalue weighted by atomic mass is 19.4. The van der Waals surface area contributed by atoms with Crippen LogP contribution >= 0.6 is 0 Å². The van der Waals surface area contributed by atoms with Crippen LogP contribution in [0.25, 0.3) is 0 Å². The molecule has 0 N–H and O–H groups in total. The number of rotatable bonds is 7. The van der Waals surface area contributed by atoms with Crippen molar-refractivity contribution < 1.29 is 61.8 Å². The Labute approximate surface area is 136 Å². The molecule has 0 unspecified atom stereocenters. The molecule has 0 atom stereocenters. The molecular formula is C11H8F13NO. The molecule has 0 aliphatic carbocycles. The summed E-state index contributed by atoms with van der Waals surface area (Å²) in [7, 11) is 0. The normalized spacial score (nSPS) is 18.0. The molecule has 1 aliphatic heterocycles. The molecule has 0 amide bonds. The summed E-state index contributed by atoms with van der Waals surface area (Å²) in [6, 6.07) is 0. The fourth-order valence-electron chi connectivity index (χ4n) is 1.75. The molecule has 0 aromatic carbocycles. The van der Waals surface area contributed by atoms with Gasteiger partial charge >= 0.3 is 35.8 Å². The van der Waals surface area contributed by atoms with E-state index in [1.165, 1.54) is 0 Å². The van der Waals surface area contributed by atoms with Gasteiger partial charge in [0.2, 0.25) is 0 Å². The highest BCUT2D eigenvalue weighted by Crippen LogP contribution is 2.60. The number of hydrogen-bond donors (Lipinski definition) is 0. The molecule has 26 heavy (non-hydrogen) atoms. The molecule has 0 spiro atoms. The van der Waals surface area contributed by atoms with Gasteiger partial charge in [-0.05, 0) is 0 Å². The summed E-state index contributed by atoms with van der Waals surface area (Å²) in [5.74, 6) is -37.3. The van der Waals surface area contributed by atoms with Gasteiger partial charge in [-0.1, -0.05) is 0 Å². The molecule has 154 valence electrons. The third kappa shape index (κ3) is 3.28. The van der Waals surface area contributed by atoms with Crippen LogP contribution in [0.1, 0.15) is 12.8 Å². The molecule has 15 heteroatoms. The fraction of sp³-hybridized carbons (Fsp3) is 0.909. The number of aliphatic imine (C=N–C) groups is 1. The largest absolute Gasteiger partial charge is 0.479 e. The van der Waals surface area contributed by atoms with E-state index in [1.54, 1.807) is 0 Å². The quantitative estimate of drug-likeness (QED) is 0.539. The zero-order valence-electron chi connectivity index (χ0n) is 12.1. The van der Waals surface area contributed by atoms with Crippen molar-refractivity contribution in [2.45, 2.75) is 48.6 Å². The Morgan fingerprint density at radius 3 is 1.54 bits per heavy atom. The van der Waals surface area contributed by atoms with Gasteiger partial charge < -0.3 is 4.74 Å². The summed E-state index contributed by atoms with van der Waals surface area (Å²) >= 11 is 0. The summed E-state index contributed by atoms with van der Waals surface area (Å²) in [5, 5.41) is 0. The van der Waals surface area contributed by atoms with Crippen molar-refractivity contribution in [2.75, 3.05) is 13.2 Å². The second-order valence-corrected chi connectivity index (χ2v) is 5.12. The van der Waals surface area contributed by atoms with Crippen LogP contribution < -0.4 is 0 Å². The number of halogens is 13. The first-order chi connectivity index (χ1) is 11.3. The summed E-state index contributed by atoms with van der Waals surface area (Å²) in [6.07, 6.45) is -11.0. The predicted molar refractivity (Wildman–Crippen MR) is 58.3 cm³/mol. The van der Waals surface area contributed by atoms with Crippen LogP contribution in [0.3, 0.4) is 0 Å². The minimum Gasteiger partial charge on any atom is -0.479 e. The smallest absolute Gasteiger partial charge is 0.460 e. The lowest BCUT2D eigenvalue weighted by atomic mass is 9.92. The van der Waals surface area contributed by atoms with Gasteiger partial charge in [-0.25, -0.2) is 0 Å². The Morgan fingerprint density at radius 2 is 1.15 bits per heavy atom. The van der Waals surface area contributed by atoms with Gasteiger partial charge in [0.25, 0.3) is 0 Å². The van der Waals surface area contributed by atoms with Crippen molar-refractivity contribution in [3.63, 3.8) is 0 Å². The Balaban J connectivity index is 3.20. The van der Waals surface area contributed by atoms with E-state index in [9.17, 15) is 57.1 Å². The van der Waals surface area contributed by atoms with Gasteiger partial charge in [-0.2, -0.15) is 57.1 Å². The number of ether oxygens (including phenoxy) is 1. The van der Waals surface area contributed by atoms with Crippen molar-refractivity contribution in [1.82, 2.24) is 0 Å². The summed E-state index contributed by atoms with van der Waals surface area (Å²) < 4.78 is 171. The van der Waals surface area contributed by atoms with Gasteiger partial charge in [-0.15, -0.1) is 0 Å². The molecule has 0 aromatic rings. The SMILES string of the molecule is FC(F)(F)C(F)(F)C(F)(F)C(F)(F)C(F)(F)C(F)(F)CCC1=NCCO1. The van der Waals surface area contributed by atoms with Gasteiger partial charge in [0.05, 0.1) is 6.54 Å². The lowest BCUT2D eigenvalue weighted by Gasteiger charge is -2.39. The van der Waals surface area contributed by atoms with Crippen LogP contribution in [0, 0.1) is 0 Å². The molecule has 0 bridgehead atoms. The van der Waals surface area contributed by atoms with Crippen LogP contribution in [-0.2, 0) is 4.74 Å². The molecule has 0 aromatic heterocycles. The standard InChI is InChI=1S/C11H8F13NO/c12-6(13,2-1-5-25-3-4-26-5)7(14,15)8(16,17)9(18,19)10(20,21)11(22,23)24/h1-4H2. The highest BCUT2D eigenvalue weighted by molar-refractivity contribution is 5.77. The number of hydrogen-bond acceptors (Lipinski definition) is 2. The zero-order valence-corrected chi connectivity index (χ0v) is 12.1. The Morgan fingerprint density at radius 1 is 0.692 bits per heavy atom. The van der Waals surface area contributed by atoms with Gasteiger partial charge in [-0.3, -0.25) is 4.99 Å². The van der Waals surface area contributed by atoms with Crippen molar-refractivity contribution >= 4 is 5.90 Å². The van der Waals surface area contributed by atoms with Crippen molar-refractivity contribution in [1.29, 1.82) is 0 Å². The van der Waals surface area contributed by atoms with Crippen LogP contribution in [0.2, 0.25) is 0 Å². The third-order valence-electron chi connectivity index (χ3n) is 3.30. The molecule has 2 nitrogen and oxygen atoms in total. The topological polar surface area (TPSA) is 21.6 Å². The monoisotopic (exact) mass is 417 g/mol. The van der Waals surface area contributed by atoms with E-state index in [2.05, 4.69) is 9.73 Å². The van der Waals surface area contributed by atoms with E-state index in [4.69, 9.17) is 0 Å². The molecule has 1 rings (SSSR count). The van der Waals surface area contributed by atoms with Crippen molar-refractivity contribution in [3.05, 3.63) is 0 Å². The minimum absolute atomic E-state index is 0.0939. The maximum absolute atomic E-state index is 13.4. The van der Waals surface area contributed by atoms with E-state index in [0.717, 1.165) is 0 Å². The van der Waals surface area contributed by atoms with Crippen molar-refractivity contribution in [3.8, 4) is 0 Å². The summed E-state index contributed by atoms with van der Waals surface area (Å²) in [4.78, 5) is 3.32. The Hall–Kier alpha value is -1.44. The third-order valence-corrected chi connectivity index (χ3v) is 3.30. The first kappa shape index (κ1) is 22.6. The average molecular weight is 417 g/mol. The van der Waals surface area contributed by atoms with Crippen molar-refractivity contribution in [2.24, 2.45) is 4.99 Å². The summed E-state index contributed by atoms with van der Waals surface area (Å²) in [6.45, 7) is -0.257. The van der Waals surface area contributed by atoms with E-state index >= 15 is 0 Å². The maximum atomic E-state index is 13.4. The lowest BCUT2D eigenvalue weighted by Crippen LogP contribution is -2.70. The van der Waals surface area contributed by atoms with E-state index in [1.807, 2.05) is 0 Å². The second kappa shape index (κ2) is 6.32. The van der Waals surface area contributed by atoms with E-state index in [-0.39, 0.29) is 13.2 Å². The number of nitrogens with zero attached hydrogens (tertiary/aromatic N) is 1. The molecule has 1 heterocycles. The molecule has 1 aliphatic rings. The number of alkyl halides is 13. The molecular weight excluding hydrogens is 409 g/mol. The van der Waals surface area contributed by atoms with E-state index < -0.39 is 54.5 Å². The fourth-order valence-corrected chi connectivity index (χ4v) is 1.75. The van der Waals surface area contributed by atoms with Crippen LogP contribution in [0.15, 0.2) is 4.99 Å². The minimum atomic E-state index is -7.87. The molecule has 0 saturated carbocycles. The summed E-state index contributed by atoms with van der Waals surface area (Å²) in [5.41, 5.74) is 0. The Bertz CT molecular complexity index is 551. The maximum Gasteiger partial charge on any atom is 0.460 e. The van der Waals surface area contributed by atoms with Gasteiger partial charge in [0.1, 0.15) is 6.61 Å². The van der Waals surface area contributed by atoms with Crippen LogP contribution in [-0.4, -0.2) is 54.8 Å². The van der Waals surface area contributed by atoms with Gasteiger partial charge in [0, 0.05) is 12.8 Å². The first-order valence-corrected chi connectivity index (χ1v) is 6.45. The highest BCUT2D eigenvalue weighted by Gasteiger charge is 2.90. The molecule has 0 saturated heterocycles. The Kier molecular flexibility index (Phi) is 5.49. The van der Waals surface area contributed by atoms with Gasteiger partial charge in [0.15, 0.2) is 5.90 Å².